The number of carbonyl (C=O) groups excluding carboxylic acids is 1. The van der Waals surface area contributed by atoms with Crippen LogP contribution in [0.15, 0.2) is 28.8 Å². The second kappa shape index (κ2) is 7.48. The van der Waals surface area contributed by atoms with E-state index >= 15 is 0 Å². The van der Waals surface area contributed by atoms with Gasteiger partial charge in [-0.2, -0.15) is 0 Å². The first-order chi connectivity index (χ1) is 10.7. The molecular formula is C16H20ClN3O3. The molecule has 1 aliphatic rings. The molecule has 1 aromatic carbocycles. The van der Waals surface area contributed by atoms with Gasteiger partial charge in [0.25, 0.3) is 5.91 Å². The molecule has 1 aliphatic carbocycles. The lowest BCUT2D eigenvalue weighted by molar-refractivity contribution is 0.0923. The third kappa shape index (κ3) is 3.83. The van der Waals surface area contributed by atoms with Crippen LogP contribution in [-0.4, -0.2) is 18.2 Å². The molecule has 0 saturated carbocycles. The highest BCUT2D eigenvalue weighted by atomic mass is 35.5. The Morgan fingerprint density at radius 1 is 1.48 bits per heavy atom. The van der Waals surface area contributed by atoms with Crippen molar-refractivity contribution in [3.63, 3.8) is 0 Å². The number of ether oxygens (including phenoxy) is 1. The van der Waals surface area contributed by atoms with Gasteiger partial charge in [-0.3, -0.25) is 4.79 Å². The van der Waals surface area contributed by atoms with E-state index in [1.807, 2.05) is 18.2 Å². The third-order valence-corrected chi connectivity index (χ3v) is 3.86. The van der Waals surface area contributed by atoms with E-state index in [1.165, 1.54) is 5.56 Å². The number of halogens is 1. The van der Waals surface area contributed by atoms with E-state index in [4.69, 9.17) is 15.0 Å². The highest BCUT2D eigenvalue weighted by Gasteiger charge is 2.23. The molecule has 124 valence electrons. The second-order valence-electron chi connectivity index (χ2n) is 5.49. The van der Waals surface area contributed by atoms with Gasteiger partial charge in [0, 0.05) is 18.9 Å². The van der Waals surface area contributed by atoms with Gasteiger partial charge in [0.15, 0.2) is 11.5 Å². The van der Waals surface area contributed by atoms with Crippen molar-refractivity contribution in [3.05, 3.63) is 46.8 Å². The first-order valence-corrected chi connectivity index (χ1v) is 7.31. The predicted molar refractivity (Wildman–Crippen MR) is 88.5 cm³/mol. The summed E-state index contributed by atoms with van der Waals surface area (Å²) in [5.74, 6) is 0.297. The summed E-state index contributed by atoms with van der Waals surface area (Å²) in [5.41, 5.74) is 9.20. The van der Waals surface area contributed by atoms with Gasteiger partial charge in [-0.1, -0.05) is 11.2 Å². The van der Waals surface area contributed by atoms with E-state index in [2.05, 4.69) is 10.5 Å². The lowest BCUT2D eigenvalue weighted by Crippen LogP contribution is -2.31. The Bertz CT molecular complexity index is 687. The summed E-state index contributed by atoms with van der Waals surface area (Å²) >= 11 is 0. The fourth-order valence-corrected chi connectivity index (χ4v) is 2.85. The van der Waals surface area contributed by atoms with Crippen LogP contribution in [0.25, 0.3) is 0 Å². The number of carbonyl (C=O) groups is 1. The van der Waals surface area contributed by atoms with Crippen molar-refractivity contribution in [2.75, 3.05) is 12.8 Å². The highest BCUT2D eigenvalue weighted by Crippen LogP contribution is 2.31. The van der Waals surface area contributed by atoms with Gasteiger partial charge in [0.05, 0.1) is 6.04 Å². The molecule has 3 rings (SSSR count). The number of nitrogens with one attached hydrogen (secondary N) is 1. The van der Waals surface area contributed by atoms with E-state index in [9.17, 15) is 4.79 Å². The summed E-state index contributed by atoms with van der Waals surface area (Å²) in [4.78, 5) is 12.3. The van der Waals surface area contributed by atoms with Crippen molar-refractivity contribution in [2.45, 2.75) is 31.9 Å². The number of aromatic nitrogens is 1. The van der Waals surface area contributed by atoms with Gasteiger partial charge < -0.3 is 20.3 Å². The van der Waals surface area contributed by atoms with Crippen LogP contribution in [-0.2, 0) is 17.8 Å². The van der Waals surface area contributed by atoms with Crippen LogP contribution in [0.2, 0.25) is 0 Å². The Morgan fingerprint density at radius 3 is 3.09 bits per heavy atom. The molecule has 0 saturated heterocycles. The lowest BCUT2D eigenvalue weighted by Gasteiger charge is -2.26. The Balaban J connectivity index is 0.00000192. The van der Waals surface area contributed by atoms with Crippen LogP contribution in [0, 0.1) is 0 Å². The molecule has 1 amide bonds. The Hall–Kier alpha value is -2.05. The fourth-order valence-electron chi connectivity index (χ4n) is 2.85. The van der Waals surface area contributed by atoms with E-state index in [1.54, 1.807) is 13.2 Å². The summed E-state index contributed by atoms with van der Waals surface area (Å²) in [6.07, 6.45) is 2.93. The topological polar surface area (TPSA) is 90.4 Å². The van der Waals surface area contributed by atoms with E-state index < -0.39 is 0 Å². The predicted octanol–water partition coefficient (Wildman–Crippen LogP) is 2.63. The maximum atomic E-state index is 12.3. The van der Waals surface area contributed by atoms with Crippen LogP contribution in [0.4, 0.5) is 5.69 Å². The average molecular weight is 338 g/mol. The second-order valence-corrected chi connectivity index (χ2v) is 5.49. The maximum Gasteiger partial charge on any atom is 0.273 e. The molecule has 0 spiro atoms. The zero-order valence-electron chi connectivity index (χ0n) is 12.9. The number of nitrogen functional groups attached to an aromatic ring is 1. The molecule has 0 fully saturated rings. The number of fused-ring (bicyclic) bond motifs is 1. The molecule has 0 radical (unpaired) electrons. The van der Waals surface area contributed by atoms with Crippen LogP contribution >= 0.6 is 12.4 Å². The highest BCUT2D eigenvalue weighted by molar-refractivity contribution is 5.92. The quantitative estimate of drug-likeness (QED) is 0.837. The Morgan fingerprint density at radius 2 is 2.30 bits per heavy atom. The largest absolute Gasteiger partial charge is 0.399 e. The molecule has 6 nitrogen and oxygen atoms in total. The van der Waals surface area contributed by atoms with Crippen molar-refractivity contribution in [3.8, 4) is 0 Å². The van der Waals surface area contributed by atoms with Crippen molar-refractivity contribution >= 4 is 24.0 Å². The number of hydrogen-bond acceptors (Lipinski definition) is 5. The summed E-state index contributed by atoms with van der Waals surface area (Å²) in [7, 11) is 1.56. The van der Waals surface area contributed by atoms with Crippen LogP contribution in [0.3, 0.4) is 0 Å². The number of aryl methyl sites for hydroxylation is 1. The summed E-state index contributed by atoms with van der Waals surface area (Å²) < 4.78 is 10.00. The van der Waals surface area contributed by atoms with Gasteiger partial charge >= 0.3 is 0 Å². The third-order valence-electron chi connectivity index (χ3n) is 3.86. The van der Waals surface area contributed by atoms with Gasteiger partial charge in [-0.15, -0.1) is 12.4 Å². The minimum absolute atomic E-state index is 0. The van der Waals surface area contributed by atoms with E-state index in [-0.39, 0.29) is 30.0 Å². The molecule has 0 bridgehead atoms. The van der Waals surface area contributed by atoms with Crippen molar-refractivity contribution < 1.29 is 14.1 Å². The summed E-state index contributed by atoms with van der Waals surface area (Å²) in [6, 6.07) is 7.44. The molecule has 0 aliphatic heterocycles. The summed E-state index contributed by atoms with van der Waals surface area (Å²) in [5, 5.41) is 6.81. The van der Waals surface area contributed by atoms with Gasteiger partial charge in [0.2, 0.25) is 0 Å². The molecule has 3 N–H and O–H groups in total. The van der Waals surface area contributed by atoms with E-state index in [0.29, 0.717) is 12.4 Å². The number of anilines is 1. The summed E-state index contributed by atoms with van der Waals surface area (Å²) in [6.45, 7) is 0.297. The van der Waals surface area contributed by atoms with Crippen molar-refractivity contribution in [1.29, 1.82) is 0 Å². The number of nitrogens with two attached hydrogens (primary N) is 1. The molecule has 2 aromatic rings. The monoisotopic (exact) mass is 337 g/mol. The number of hydrogen-bond donors (Lipinski definition) is 2. The first kappa shape index (κ1) is 17.3. The SMILES string of the molecule is COCc1cc(C(=O)NC2CCCc3cc(N)ccc32)no1.Cl. The average Bonchev–Trinajstić information content (AvgIpc) is 2.96. The number of methoxy groups -OCH3 is 1. The standard InChI is InChI=1S/C16H19N3O3.ClH/c1-21-9-12-8-15(19-22-12)16(20)18-14-4-2-3-10-7-11(17)5-6-13(10)14;/h5-8,14H,2-4,9,17H2,1H3,(H,18,20);1H. The van der Waals surface area contributed by atoms with E-state index in [0.717, 1.165) is 30.5 Å². The molecular weight excluding hydrogens is 318 g/mol. The lowest BCUT2D eigenvalue weighted by atomic mass is 9.87. The van der Waals surface area contributed by atoms with Crippen LogP contribution in [0.5, 0.6) is 0 Å². The fraction of sp³-hybridized carbons (Fsp3) is 0.375. The molecule has 1 heterocycles. The van der Waals surface area contributed by atoms with Crippen LogP contribution in [0.1, 0.15) is 46.3 Å². The maximum absolute atomic E-state index is 12.3. The van der Waals surface area contributed by atoms with Gasteiger partial charge in [-0.25, -0.2) is 0 Å². The zero-order chi connectivity index (χ0) is 15.5. The molecule has 1 unspecified atom stereocenters. The van der Waals surface area contributed by atoms with Crippen molar-refractivity contribution in [2.24, 2.45) is 0 Å². The minimum atomic E-state index is -0.235. The van der Waals surface area contributed by atoms with Gasteiger partial charge in [0.1, 0.15) is 6.61 Å². The molecule has 7 heteroatoms. The number of amides is 1. The van der Waals surface area contributed by atoms with Gasteiger partial charge in [-0.05, 0) is 42.5 Å². The first-order valence-electron chi connectivity index (χ1n) is 7.31. The smallest absolute Gasteiger partial charge is 0.273 e. The van der Waals surface area contributed by atoms with Crippen LogP contribution < -0.4 is 11.1 Å². The Kier molecular flexibility index (Phi) is 5.63. The normalized spacial score (nSPS) is 16.3. The Labute approximate surface area is 140 Å². The number of benzene rings is 1. The number of nitrogens with zero attached hydrogens (tertiary/aromatic N) is 1. The zero-order valence-corrected chi connectivity index (χ0v) is 13.7. The number of rotatable bonds is 4. The molecule has 1 atom stereocenters. The van der Waals surface area contributed by atoms with Crippen molar-refractivity contribution in [1.82, 2.24) is 10.5 Å². The molecule has 1 aromatic heterocycles. The molecule has 23 heavy (non-hydrogen) atoms. The minimum Gasteiger partial charge on any atom is -0.399 e.